The number of carbonyl (C=O) groups excluding carboxylic acids is 1. The van der Waals surface area contributed by atoms with Crippen molar-refractivity contribution < 1.29 is 9.32 Å². The maximum Gasteiger partial charge on any atom is 0.257 e. The Morgan fingerprint density at radius 3 is 2.86 bits per heavy atom. The molecule has 112 valence electrons. The zero-order valence-corrected chi connectivity index (χ0v) is 12.8. The molecule has 1 heterocycles. The van der Waals surface area contributed by atoms with Crippen LogP contribution in [-0.4, -0.2) is 24.2 Å². The average Bonchev–Trinajstić information content (AvgIpc) is 2.86. The summed E-state index contributed by atoms with van der Waals surface area (Å²) in [5, 5.41) is 7.34. The summed E-state index contributed by atoms with van der Waals surface area (Å²) in [4.78, 5) is 12.4. The molecule has 0 aliphatic rings. The molecule has 0 aliphatic carbocycles. The van der Waals surface area contributed by atoms with E-state index in [1.54, 1.807) is 19.1 Å². The van der Waals surface area contributed by atoms with Crippen LogP contribution in [0.1, 0.15) is 23.0 Å². The Balaban J connectivity index is 2.31. The van der Waals surface area contributed by atoms with Gasteiger partial charge in [-0.05, 0) is 25.5 Å². The Morgan fingerprint density at radius 1 is 1.48 bits per heavy atom. The van der Waals surface area contributed by atoms with Gasteiger partial charge in [0.05, 0.1) is 5.02 Å². The molecule has 0 aliphatic heterocycles. The molecule has 3 N–H and O–H groups in total. The number of nitrogens with two attached hydrogens (primary N) is 1. The van der Waals surface area contributed by atoms with Crippen LogP contribution >= 0.6 is 11.6 Å². The SMILES string of the molecule is Cc1onc(-c2ccccc2Cl)c1C(=O)NCC(C)CN. The smallest absolute Gasteiger partial charge is 0.257 e. The van der Waals surface area contributed by atoms with E-state index in [2.05, 4.69) is 10.5 Å². The van der Waals surface area contributed by atoms with Crippen LogP contribution in [-0.2, 0) is 0 Å². The quantitative estimate of drug-likeness (QED) is 0.889. The van der Waals surface area contributed by atoms with Crippen molar-refractivity contribution in [1.82, 2.24) is 10.5 Å². The lowest BCUT2D eigenvalue weighted by Crippen LogP contribution is -2.31. The van der Waals surface area contributed by atoms with E-state index < -0.39 is 0 Å². The monoisotopic (exact) mass is 307 g/mol. The number of carbonyl (C=O) groups is 1. The molecule has 21 heavy (non-hydrogen) atoms. The van der Waals surface area contributed by atoms with Crippen LogP contribution in [0.3, 0.4) is 0 Å². The maximum atomic E-state index is 12.4. The predicted octanol–water partition coefficient (Wildman–Crippen LogP) is 2.63. The van der Waals surface area contributed by atoms with Crippen molar-refractivity contribution in [3.05, 3.63) is 40.6 Å². The maximum absolute atomic E-state index is 12.4. The molecule has 0 saturated carbocycles. The van der Waals surface area contributed by atoms with Gasteiger partial charge in [0.25, 0.3) is 5.91 Å². The number of hydrogen-bond donors (Lipinski definition) is 2. The second-order valence-corrected chi connectivity index (χ2v) is 5.40. The van der Waals surface area contributed by atoms with Gasteiger partial charge in [-0.3, -0.25) is 4.79 Å². The summed E-state index contributed by atoms with van der Waals surface area (Å²) in [7, 11) is 0. The van der Waals surface area contributed by atoms with Gasteiger partial charge in [-0.15, -0.1) is 0 Å². The lowest BCUT2D eigenvalue weighted by Gasteiger charge is -2.10. The van der Waals surface area contributed by atoms with E-state index >= 15 is 0 Å². The van der Waals surface area contributed by atoms with Crippen LogP contribution in [0.15, 0.2) is 28.8 Å². The lowest BCUT2D eigenvalue weighted by molar-refractivity contribution is 0.0947. The fourth-order valence-electron chi connectivity index (χ4n) is 1.92. The number of aryl methyl sites for hydroxylation is 1. The largest absolute Gasteiger partial charge is 0.360 e. The summed E-state index contributed by atoms with van der Waals surface area (Å²) in [5.74, 6) is 0.435. The number of rotatable bonds is 5. The average molecular weight is 308 g/mol. The molecule has 1 aromatic heterocycles. The molecule has 1 atom stereocenters. The molecule has 5 nitrogen and oxygen atoms in total. The zero-order chi connectivity index (χ0) is 15.4. The van der Waals surface area contributed by atoms with Gasteiger partial charge < -0.3 is 15.6 Å². The molecule has 2 rings (SSSR count). The van der Waals surface area contributed by atoms with Gasteiger partial charge in [0.1, 0.15) is 17.0 Å². The van der Waals surface area contributed by atoms with Gasteiger partial charge in [-0.1, -0.05) is 41.9 Å². The summed E-state index contributed by atoms with van der Waals surface area (Å²) in [5.41, 5.74) is 7.09. The molecule has 0 saturated heterocycles. The second-order valence-electron chi connectivity index (χ2n) is 4.99. The fourth-order valence-corrected chi connectivity index (χ4v) is 2.14. The van der Waals surface area contributed by atoms with Gasteiger partial charge in [0.15, 0.2) is 0 Å². The van der Waals surface area contributed by atoms with E-state index in [1.165, 1.54) is 0 Å². The summed E-state index contributed by atoms with van der Waals surface area (Å²) in [6.45, 7) is 4.69. The summed E-state index contributed by atoms with van der Waals surface area (Å²) >= 11 is 6.16. The van der Waals surface area contributed by atoms with E-state index in [-0.39, 0.29) is 11.8 Å². The van der Waals surface area contributed by atoms with Gasteiger partial charge in [0, 0.05) is 12.1 Å². The minimum atomic E-state index is -0.232. The highest BCUT2D eigenvalue weighted by molar-refractivity contribution is 6.33. The normalized spacial score (nSPS) is 12.2. The molecular weight excluding hydrogens is 290 g/mol. The van der Waals surface area contributed by atoms with E-state index in [0.717, 1.165) is 0 Å². The van der Waals surface area contributed by atoms with Gasteiger partial charge in [0.2, 0.25) is 0 Å². The van der Waals surface area contributed by atoms with E-state index in [0.29, 0.717) is 40.7 Å². The Hall–Kier alpha value is -1.85. The number of aromatic nitrogens is 1. The predicted molar refractivity (Wildman–Crippen MR) is 82.2 cm³/mol. The van der Waals surface area contributed by atoms with Crippen LogP contribution < -0.4 is 11.1 Å². The van der Waals surface area contributed by atoms with Crippen LogP contribution in [0.2, 0.25) is 5.02 Å². The summed E-state index contributed by atoms with van der Waals surface area (Å²) < 4.78 is 5.17. The lowest BCUT2D eigenvalue weighted by atomic mass is 10.1. The third kappa shape index (κ3) is 3.43. The first-order valence-corrected chi connectivity index (χ1v) is 7.11. The molecule has 6 heteroatoms. The number of benzene rings is 1. The third-order valence-electron chi connectivity index (χ3n) is 3.23. The number of amides is 1. The highest BCUT2D eigenvalue weighted by Crippen LogP contribution is 2.30. The van der Waals surface area contributed by atoms with Crippen molar-refractivity contribution in [2.24, 2.45) is 11.7 Å². The van der Waals surface area contributed by atoms with Crippen LogP contribution in [0.4, 0.5) is 0 Å². The molecular formula is C15H18ClN3O2. The summed E-state index contributed by atoms with van der Waals surface area (Å²) in [6.07, 6.45) is 0. The first-order valence-electron chi connectivity index (χ1n) is 6.74. The first kappa shape index (κ1) is 15.5. The Kier molecular flexibility index (Phi) is 4.98. The standard InChI is InChI=1S/C15H18ClN3O2/c1-9(7-17)8-18-15(20)13-10(2)21-19-14(13)11-5-3-4-6-12(11)16/h3-6,9H,7-8,17H2,1-2H3,(H,18,20). The number of nitrogens with one attached hydrogen (secondary N) is 1. The van der Waals surface area contributed by atoms with Crippen molar-refractivity contribution in [3.63, 3.8) is 0 Å². The number of halogens is 1. The van der Waals surface area contributed by atoms with E-state index in [1.807, 2.05) is 19.1 Å². The molecule has 0 spiro atoms. The molecule has 1 aromatic carbocycles. The van der Waals surface area contributed by atoms with Gasteiger partial charge in [-0.2, -0.15) is 0 Å². The number of nitrogens with zero attached hydrogens (tertiary/aromatic N) is 1. The molecule has 0 radical (unpaired) electrons. The minimum Gasteiger partial charge on any atom is -0.360 e. The Labute approximate surface area is 128 Å². The molecule has 2 aromatic rings. The van der Waals surface area contributed by atoms with Crippen molar-refractivity contribution in [3.8, 4) is 11.3 Å². The fraction of sp³-hybridized carbons (Fsp3) is 0.333. The topological polar surface area (TPSA) is 81.2 Å². The molecule has 1 unspecified atom stereocenters. The van der Waals surface area contributed by atoms with Gasteiger partial charge >= 0.3 is 0 Å². The van der Waals surface area contributed by atoms with Crippen molar-refractivity contribution in [2.45, 2.75) is 13.8 Å². The van der Waals surface area contributed by atoms with Crippen LogP contribution in [0.25, 0.3) is 11.3 Å². The van der Waals surface area contributed by atoms with E-state index in [9.17, 15) is 4.79 Å². The van der Waals surface area contributed by atoms with Crippen LogP contribution in [0.5, 0.6) is 0 Å². The zero-order valence-electron chi connectivity index (χ0n) is 12.0. The van der Waals surface area contributed by atoms with Crippen LogP contribution in [0, 0.1) is 12.8 Å². The van der Waals surface area contributed by atoms with Crippen molar-refractivity contribution >= 4 is 17.5 Å². The highest BCUT2D eigenvalue weighted by atomic mass is 35.5. The molecule has 0 fully saturated rings. The van der Waals surface area contributed by atoms with Crippen molar-refractivity contribution in [1.29, 1.82) is 0 Å². The Morgan fingerprint density at radius 2 is 2.19 bits per heavy atom. The van der Waals surface area contributed by atoms with E-state index in [4.69, 9.17) is 21.9 Å². The Bertz CT molecular complexity index is 640. The molecule has 1 amide bonds. The minimum absolute atomic E-state index is 0.206. The molecule has 0 bridgehead atoms. The highest BCUT2D eigenvalue weighted by Gasteiger charge is 2.22. The number of hydrogen-bond acceptors (Lipinski definition) is 4. The second kappa shape index (κ2) is 6.74. The third-order valence-corrected chi connectivity index (χ3v) is 3.56. The summed E-state index contributed by atoms with van der Waals surface area (Å²) in [6, 6.07) is 7.21. The first-order chi connectivity index (χ1) is 10.0. The van der Waals surface area contributed by atoms with Crippen molar-refractivity contribution in [2.75, 3.05) is 13.1 Å². The van der Waals surface area contributed by atoms with Gasteiger partial charge in [-0.25, -0.2) is 0 Å².